The van der Waals surface area contributed by atoms with Gasteiger partial charge in [0.25, 0.3) is 0 Å². The van der Waals surface area contributed by atoms with E-state index in [1.807, 2.05) is 7.05 Å². The number of nitrogens with zero attached hydrogens (tertiary/aromatic N) is 3. The minimum absolute atomic E-state index is 0.512. The Kier molecular flexibility index (Phi) is 10.2. The van der Waals surface area contributed by atoms with Crippen LogP contribution in [0.3, 0.4) is 0 Å². The zero-order valence-corrected chi connectivity index (χ0v) is 16.9. The molecule has 0 amide bonds. The van der Waals surface area contributed by atoms with Gasteiger partial charge in [-0.15, -0.1) is 0 Å². The molecule has 2 N–H and O–H groups in total. The minimum atomic E-state index is 0.512. The molecule has 1 atom stereocenters. The van der Waals surface area contributed by atoms with E-state index >= 15 is 0 Å². The Labute approximate surface area is 154 Å². The van der Waals surface area contributed by atoms with Crippen molar-refractivity contribution in [1.29, 1.82) is 0 Å². The first-order chi connectivity index (χ1) is 11.9. The summed E-state index contributed by atoms with van der Waals surface area (Å²) in [6.45, 7) is 10.5. The average Bonchev–Trinajstić information content (AvgIpc) is 2.60. The molecule has 0 bridgehead atoms. The first-order valence-corrected chi connectivity index (χ1v) is 9.33. The monoisotopic (exact) mass is 347 g/mol. The second-order valence-corrected chi connectivity index (χ2v) is 7.04. The van der Waals surface area contributed by atoms with Gasteiger partial charge in [-0.05, 0) is 46.9 Å². The van der Waals surface area contributed by atoms with E-state index in [4.69, 9.17) is 0 Å². The van der Waals surface area contributed by atoms with Crippen LogP contribution in [0.1, 0.15) is 32.8 Å². The van der Waals surface area contributed by atoms with Gasteiger partial charge >= 0.3 is 0 Å². The number of benzene rings is 1. The van der Waals surface area contributed by atoms with Gasteiger partial charge in [0.05, 0.1) is 0 Å². The smallest absolute Gasteiger partial charge is 0.191 e. The highest BCUT2D eigenvalue weighted by molar-refractivity contribution is 5.79. The maximum absolute atomic E-state index is 4.30. The van der Waals surface area contributed by atoms with Gasteiger partial charge in [-0.1, -0.05) is 30.3 Å². The van der Waals surface area contributed by atoms with Gasteiger partial charge in [-0.25, -0.2) is 0 Å². The van der Waals surface area contributed by atoms with E-state index in [1.165, 1.54) is 5.56 Å². The third-order valence-electron chi connectivity index (χ3n) is 4.74. The van der Waals surface area contributed by atoms with Crippen molar-refractivity contribution in [3.05, 3.63) is 35.9 Å². The first kappa shape index (κ1) is 21.5. The van der Waals surface area contributed by atoms with Crippen LogP contribution in [0.5, 0.6) is 0 Å². The Hall–Kier alpha value is -1.59. The van der Waals surface area contributed by atoms with Crippen LogP contribution in [0.2, 0.25) is 0 Å². The number of hydrogen-bond acceptors (Lipinski definition) is 3. The normalized spacial score (nSPS) is 13.6. The van der Waals surface area contributed by atoms with Crippen LogP contribution in [0.15, 0.2) is 35.3 Å². The predicted octanol–water partition coefficient (Wildman–Crippen LogP) is 2.40. The number of aliphatic imine (C=N–C) groups is 1. The Morgan fingerprint density at radius 3 is 2.24 bits per heavy atom. The molecule has 5 heteroatoms. The molecule has 5 nitrogen and oxygen atoms in total. The molecule has 0 aliphatic rings. The molecule has 0 radical (unpaired) electrons. The zero-order chi connectivity index (χ0) is 18.7. The minimum Gasteiger partial charge on any atom is -0.356 e. The molecule has 1 aromatic rings. The summed E-state index contributed by atoms with van der Waals surface area (Å²) in [5.41, 5.74) is 1.36. The summed E-state index contributed by atoms with van der Waals surface area (Å²) in [6, 6.07) is 11.7. The predicted molar refractivity (Wildman–Crippen MR) is 109 cm³/mol. The summed E-state index contributed by atoms with van der Waals surface area (Å²) in [6.07, 6.45) is 1.08. The average molecular weight is 348 g/mol. The third kappa shape index (κ3) is 8.89. The Morgan fingerprint density at radius 2 is 1.64 bits per heavy atom. The largest absolute Gasteiger partial charge is 0.356 e. The SMILES string of the molecule is CN=C(NCCC(C)N(C)Cc1ccccc1)NCCN(C)C(C)C. The van der Waals surface area contributed by atoms with E-state index in [2.05, 4.69) is 90.6 Å². The van der Waals surface area contributed by atoms with Gasteiger partial charge in [0.2, 0.25) is 0 Å². The lowest BCUT2D eigenvalue weighted by Gasteiger charge is -2.25. The van der Waals surface area contributed by atoms with Crippen molar-refractivity contribution in [2.24, 2.45) is 4.99 Å². The fourth-order valence-corrected chi connectivity index (χ4v) is 2.48. The molecule has 0 saturated heterocycles. The molecular weight excluding hydrogens is 310 g/mol. The van der Waals surface area contributed by atoms with Gasteiger partial charge in [0.15, 0.2) is 5.96 Å². The number of guanidine groups is 1. The number of nitrogens with one attached hydrogen (secondary N) is 2. The highest BCUT2D eigenvalue weighted by Crippen LogP contribution is 2.07. The molecule has 1 aromatic carbocycles. The van der Waals surface area contributed by atoms with Gasteiger partial charge in [-0.3, -0.25) is 9.89 Å². The molecule has 0 saturated carbocycles. The van der Waals surface area contributed by atoms with E-state index in [9.17, 15) is 0 Å². The lowest BCUT2D eigenvalue weighted by atomic mass is 10.1. The number of likely N-dealkylation sites (N-methyl/N-ethyl adjacent to an activating group) is 1. The van der Waals surface area contributed by atoms with Crippen molar-refractivity contribution in [1.82, 2.24) is 20.4 Å². The Balaban J connectivity index is 2.24. The van der Waals surface area contributed by atoms with Gasteiger partial charge < -0.3 is 15.5 Å². The van der Waals surface area contributed by atoms with Crippen molar-refractivity contribution in [2.45, 2.75) is 45.8 Å². The highest BCUT2D eigenvalue weighted by atomic mass is 15.2. The van der Waals surface area contributed by atoms with E-state index in [0.717, 1.165) is 38.6 Å². The molecule has 0 fully saturated rings. The molecular formula is C20H37N5. The molecule has 142 valence electrons. The van der Waals surface area contributed by atoms with Crippen molar-refractivity contribution in [3.8, 4) is 0 Å². The lowest BCUT2D eigenvalue weighted by molar-refractivity contribution is 0.238. The molecule has 0 aromatic heterocycles. The van der Waals surface area contributed by atoms with Gasteiger partial charge in [0, 0.05) is 45.3 Å². The maximum Gasteiger partial charge on any atom is 0.191 e. The quantitative estimate of drug-likeness (QED) is 0.504. The molecule has 0 aliphatic carbocycles. The maximum atomic E-state index is 4.30. The van der Waals surface area contributed by atoms with Crippen LogP contribution < -0.4 is 10.6 Å². The first-order valence-electron chi connectivity index (χ1n) is 9.33. The Bertz CT molecular complexity index is 486. The zero-order valence-electron chi connectivity index (χ0n) is 16.9. The second kappa shape index (κ2) is 11.9. The van der Waals surface area contributed by atoms with Crippen LogP contribution in [-0.4, -0.2) is 68.6 Å². The van der Waals surface area contributed by atoms with E-state index in [-0.39, 0.29) is 0 Å². The molecule has 1 rings (SSSR count). The van der Waals surface area contributed by atoms with Crippen molar-refractivity contribution in [3.63, 3.8) is 0 Å². The standard InChI is InChI=1S/C20H37N5/c1-17(2)24(5)15-14-23-20(21-4)22-13-12-18(3)25(6)16-19-10-8-7-9-11-19/h7-11,17-18H,12-16H2,1-6H3,(H2,21,22,23). The van der Waals surface area contributed by atoms with Crippen LogP contribution >= 0.6 is 0 Å². The van der Waals surface area contributed by atoms with Crippen LogP contribution in [0, 0.1) is 0 Å². The number of rotatable bonds is 10. The van der Waals surface area contributed by atoms with E-state index in [0.29, 0.717) is 12.1 Å². The molecule has 1 unspecified atom stereocenters. The summed E-state index contributed by atoms with van der Waals surface area (Å²) in [7, 11) is 6.16. The topological polar surface area (TPSA) is 42.9 Å². The fourth-order valence-electron chi connectivity index (χ4n) is 2.48. The lowest BCUT2D eigenvalue weighted by Crippen LogP contribution is -2.43. The summed E-state index contributed by atoms with van der Waals surface area (Å²) < 4.78 is 0. The summed E-state index contributed by atoms with van der Waals surface area (Å²) in [5, 5.41) is 6.80. The van der Waals surface area contributed by atoms with E-state index in [1.54, 1.807) is 0 Å². The van der Waals surface area contributed by atoms with Crippen LogP contribution in [0.25, 0.3) is 0 Å². The molecule has 0 heterocycles. The van der Waals surface area contributed by atoms with Crippen LogP contribution in [0.4, 0.5) is 0 Å². The summed E-state index contributed by atoms with van der Waals surface area (Å²) >= 11 is 0. The highest BCUT2D eigenvalue weighted by Gasteiger charge is 2.10. The second-order valence-electron chi connectivity index (χ2n) is 7.04. The fraction of sp³-hybridized carbons (Fsp3) is 0.650. The van der Waals surface area contributed by atoms with Crippen molar-refractivity contribution < 1.29 is 0 Å². The van der Waals surface area contributed by atoms with Crippen LogP contribution in [-0.2, 0) is 6.54 Å². The molecule has 0 aliphatic heterocycles. The molecule has 25 heavy (non-hydrogen) atoms. The van der Waals surface area contributed by atoms with Gasteiger partial charge in [-0.2, -0.15) is 0 Å². The third-order valence-corrected chi connectivity index (χ3v) is 4.74. The summed E-state index contributed by atoms with van der Waals surface area (Å²) in [4.78, 5) is 9.02. The van der Waals surface area contributed by atoms with Crippen molar-refractivity contribution >= 4 is 5.96 Å². The molecule has 0 spiro atoms. The Morgan fingerprint density at radius 1 is 1.00 bits per heavy atom. The van der Waals surface area contributed by atoms with Crippen molar-refractivity contribution in [2.75, 3.05) is 40.8 Å². The summed E-state index contributed by atoms with van der Waals surface area (Å²) in [5.74, 6) is 0.884. The number of hydrogen-bond donors (Lipinski definition) is 2. The van der Waals surface area contributed by atoms with Gasteiger partial charge in [0.1, 0.15) is 0 Å². The van der Waals surface area contributed by atoms with E-state index < -0.39 is 0 Å².